The van der Waals surface area contributed by atoms with Gasteiger partial charge in [0.25, 0.3) is 0 Å². The number of halogens is 1. The van der Waals surface area contributed by atoms with Gasteiger partial charge in [-0.15, -0.1) is 11.6 Å². The molecule has 13 heavy (non-hydrogen) atoms. The molecule has 0 saturated heterocycles. The maximum Gasteiger partial charge on any atom is 0.241 e. The summed E-state index contributed by atoms with van der Waals surface area (Å²) in [6, 6.07) is 0. The highest BCUT2D eigenvalue weighted by Gasteiger charge is 2.05. The predicted octanol–water partition coefficient (Wildman–Crippen LogP) is 2.79. The molecule has 0 unspecified atom stereocenters. The van der Waals surface area contributed by atoms with Crippen molar-refractivity contribution in [2.75, 3.05) is 0 Å². The van der Waals surface area contributed by atoms with Crippen LogP contribution in [0, 0.1) is 0 Å². The summed E-state index contributed by atoms with van der Waals surface area (Å²) >= 11 is 5.52. The maximum absolute atomic E-state index is 5.52. The van der Waals surface area contributed by atoms with Crippen LogP contribution in [0.2, 0.25) is 0 Å². The zero-order valence-corrected chi connectivity index (χ0v) is 8.38. The fourth-order valence-corrected chi connectivity index (χ4v) is 0.893. The first-order valence-corrected chi connectivity index (χ1v) is 4.50. The van der Waals surface area contributed by atoms with Crippen LogP contribution < -0.4 is 0 Å². The molecule has 0 saturated carbocycles. The summed E-state index contributed by atoms with van der Waals surface area (Å²) in [4.78, 5) is 4.07. The van der Waals surface area contributed by atoms with Crippen LogP contribution in [0.3, 0.4) is 0 Å². The molecule has 0 fully saturated rings. The van der Waals surface area contributed by atoms with E-state index in [0.29, 0.717) is 11.7 Å². The van der Waals surface area contributed by atoms with Crippen LogP contribution >= 0.6 is 11.6 Å². The molecule has 3 nitrogen and oxygen atoms in total. The number of allylic oxidation sites excluding steroid dienone is 4. The summed E-state index contributed by atoms with van der Waals surface area (Å²) in [6.07, 6.45) is 5.78. The van der Waals surface area contributed by atoms with E-state index < -0.39 is 0 Å². The van der Waals surface area contributed by atoms with Crippen molar-refractivity contribution in [2.45, 2.75) is 19.7 Å². The maximum atomic E-state index is 5.52. The van der Waals surface area contributed by atoms with Gasteiger partial charge in [0.15, 0.2) is 5.82 Å². The van der Waals surface area contributed by atoms with Crippen molar-refractivity contribution < 1.29 is 4.52 Å². The van der Waals surface area contributed by atoms with Crippen molar-refractivity contribution >= 4 is 17.2 Å². The van der Waals surface area contributed by atoms with E-state index in [-0.39, 0.29) is 5.88 Å². The molecule has 70 valence electrons. The lowest BCUT2D eigenvalue weighted by molar-refractivity contribution is 0.388. The molecule has 0 aliphatic carbocycles. The van der Waals surface area contributed by atoms with Crippen molar-refractivity contribution in [3.8, 4) is 0 Å². The fourth-order valence-electron chi connectivity index (χ4n) is 0.784. The van der Waals surface area contributed by atoms with E-state index in [1.54, 1.807) is 0 Å². The molecule has 1 heterocycles. The predicted molar refractivity (Wildman–Crippen MR) is 52.3 cm³/mol. The third kappa shape index (κ3) is 2.70. The second kappa shape index (κ2) is 4.82. The molecule has 0 atom stereocenters. The molecular formula is C9H11ClN2O. The van der Waals surface area contributed by atoms with Gasteiger partial charge in [0, 0.05) is 0 Å². The van der Waals surface area contributed by atoms with Crippen molar-refractivity contribution in [3.63, 3.8) is 0 Å². The third-order valence-corrected chi connectivity index (χ3v) is 1.70. The molecule has 0 aliphatic heterocycles. The summed E-state index contributed by atoms with van der Waals surface area (Å²) < 4.78 is 4.86. The molecule has 1 rings (SSSR count). The quantitative estimate of drug-likeness (QED) is 0.554. The van der Waals surface area contributed by atoms with Gasteiger partial charge >= 0.3 is 0 Å². The van der Waals surface area contributed by atoms with E-state index in [2.05, 4.69) is 10.1 Å². The fraction of sp³-hybridized carbons (Fsp3) is 0.333. The minimum Gasteiger partial charge on any atom is -0.338 e. The van der Waals surface area contributed by atoms with Gasteiger partial charge in [-0.3, -0.25) is 0 Å². The van der Waals surface area contributed by atoms with Crippen LogP contribution in [0.1, 0.15) is 25.6 Å². The van der Waals surface area contributed by atoms with E-state index in [4.69, 9.17) is 16.1 Å². The Labute approximate surface area is 82.1 Å². The average Bonchev–Trinajstić information content (AvgIpc) is 2.62. The highest BCUT2D eigenvalue weighted by atomic mass is 35.5. The van der Waals surface area contributed by atoms with Crippen LogP contribution in [0.5, 0.6) is 0 Å². The van der Waals surface area contributed by atoms with Crippen LogP contribution in [0.4, 0.5) is 0 Å². The van der Waals surface area contributed by atoms with E-state index in [1.807, 2.05) is 32.1 Å². The molecule has 4 heteroatoms. The van der Waals surface area contributed by atoms with Crippen molar-refractivity contribution in [1.82, 2.24) is 10.1 Å². The Balaban J connectivity index is 2.82. The van der Waals surface area contributed by atoms with Gasteiger partial charge in [-0.2, -0.15) is 4.98 Å². The minimum absolute atomic E-state index is 0.254. The first-order chi connectivity index (χ1) is 6.27. The summed E-state index contributed by atoms with van der Waals surface area (Å²) in [5, 5.41) is 3.77. The van der Waals surface area contributed by atoms with E-state index in [1.165, 1.54) is 0 Å². The van der Waals surface area contributed by atoms with Crippen LogP contribution in [0.15, 0.2) is 22.8 Å². The highest BCUT2D eigenvalue weighted by molar-refractivity contribution is 6.16. The number of rotatable bonds is 3. The highest BCUT2D eigenvalue weighted by Crippen LogP contribution is 2.10. The molecule has 0 radical (unpaired) electrons. The largest absolute Gasteiger partial charge is 0.338 e. The van der Waals surface area contributed by atoms with Gasteiger partial charge in [-0.05, 0) is 19.4 Å². The first-order valence-electron chi connectivity index (χ1n) is 3.96. The molecule has 0 bridgehead atoms. The van der Waals surface area contributed by atoms with Crippen LogP contribution in [-0.2, 0) is 5.88 Å². The van der Waals surface area contributed by atoms with Crippen molar-refractivity contribution in [1.29, 1.82) is 0 Å². The summed E-state index contributed by atoms with van der Waals surface area (Å²) in [7, 11) is 0. The molecular weight excluding hydrogens is 188 g/mol. The van der Waals surface area contributed by atoms with Gasteiger partial charge in [0.05, 0.1) is 0 Å². The van der Waals surface area contributed by atoms with Crippen molar-refractivity contribution in [2.24, 2.45) is 0 Å². The molecule has 0 spiro atoms. The monoisotopic (exact) mass is 198 g/mol. The average molecular weight is 199 g/mol. The molecule has 0 aliphatic rings. The van der Waals surface area contributed by atoms with Crippen LogP contribution in [-0.4, -0.2) is 10.1 Å². The van der Waals surface area contributed by atoms with E-state index >= 15 is 0 Å². The van der Waals surface area contributed by atoms with Gasteiger partial charge in [-0.25, -0.2) is 0 Å². The van der Waals surface area contributed by atoms with E-state index in [0.717, 1.165) is 5.57 Å². The number of hydrogen-bond donors (Lipinski definition) is 0. The number of nitrogens with zero attached hydrogens (tertiary/aromatic N) is 2. The first kappa shape index (κ1) is 9.99. The number of aromatic nitrogens is 2. The van der Waals surface area contributed by atoms with Gasteiger partial charge < -0.3 is 4.52 Å². The topological polar surface area (TPSA) is 38.9 Å². The smallest absolute Gasteiger partial charge is 0.241 e. The number of hydrogen-bond acceptors (Lipinski definition) is 3. The molecule has 0 N–H and O–H groups in total. The van der Waals surface area contributed by atoms with Crippen molar-refractivity contribution in [3.05, 3.63) is 29.9 Å². The number of alkyl halides is 1. The Morgan fingerprint density at radius 1 is 1.62 bits per heavy atom. The molecule has 1 aromatic rings. The Morgan fingerprint density at radius 2 is 2.38 bits per heavy atom. The Morgan fingerprint density at radius 3 is 2.92 bits per heavy atom. The van der Waals surface area contributed by atoms with E-state index in [9.17, 15) is 0 Å². The minimum atomic E-state index is 0.254. The standard InChI is InChI=1S/C9H11ClN2O/c1-3-4-5-7(2)9-11-8(6-10)13-12-9/h3-5H,6H2,1-2H3/b4-3-,7-5+. The van der Waals surface area contributed by atoms with Gasteiger partial charge in [-0.1, -0.05) is 23.4 Å². The summed E-state index contributed by atoms with van der Waals surface area (Å²) in [6.45, 7) is 3.87. The Bertz CT molecular complexity index is 328. The Kier molecular flexibility index (Phi) is 3.71. The normalized spacial score (nSPS) is 12.7. The van der Waals surface area contributed by atoms with Gasteiger partial charge in [0.1, 0.15) is 5.88 Å². The Hall–Kier alpha value is -1.09. The second-order valence-corrected chi connectivity index (χ2v) is 2.79. The lowest BCUT2D eigenvalue weighted by Crippen LogP contribution is -1.82. The third-order valence-electron chi connectivity index (χ3n) is 1.47. The SMILES string of the molecule is C/C=C\C=C(/C)c1noc(CCl)n1. The lowest BCUT2D eigenvalue weighted by Gasteiger charge is -1.87. The molecule has 0 aromatic carbocycles. The lowest BCUT2D eigenvalue weighted by atomic mass is 10.2. The zero-order valence-electron chi connectivity index (χ0n) is 7.62. The zero-order chi connectivity index (χ0) is 9.68. The summed E-state index contributed by atoms with van der Waals surface area (Å²) in [5.74, 6) is 1.29. The molecule has 0 amide bonds. The molecule has 1 aromatic heterocycles. The summed E-state index contributed by atoms with van der Waals surface area (Å²) in [5.41, 5.74) is 0.957. The van der Waals surface area contributed by atoms with Gasteiger partial charge in [0.2, 0.25) is 5.89 Å². The van der Waals surface area contributed by atoms with Crippen LogP contribution in [0.25, 0.3) is 5.57 Å². The second-order valence-electron chi connectivity index (χ2n) is 2.52.